The van der Waals surface area contributed by atoms with Crippen molar-refractivity contribution in [2.75, 3.05) is 13.2 Å². The van der Waals surface area contributed by atoms with Crippen LogP contribution in [0.1, 0.15) is 23.1 Å². The van der Waals surface area contributed by atoms with Crippen molar-refractivity contribution in [1.29, 1.82) is 0 Å². The zero-order chi connectivity index (χ0) is 16.4. The summed E-state index contributed by atoms with van der Waals surface area (Å²) >= 11 is 0. The molecule has 2 N–H and O–H groups in total. The van der Waals surface area contributed by atoms with Crippen LogP contribution in [-0.4, -0.2) is 24.2 Å². The van der Waals surface area contributed by atoms with Crippen LogP contribution in [0.15, 0.2) is 42.5 Å². The van der Waals surface area contributed by atoms with Crippen LogP contribution in [0.4, 0.5) is 8.78 Å². The van der Waals surface area contributed by atoms with E-state index in [1.54, 1.807) is 18.2 Å². The number of fused-ring (bicyclic) bond motifs is 1. The van der Waals surface area contributed by atoms with Crippen molar-refractivity contribution in [3.63, 3.8) is 0 Å². The Morgan fingerprint density at radius 1 is 1.22 bits per heavy atom. The number of nitrogens with one attached hydrogen (secondary N) is 1. The summed E-state index contributed by atoms with van der Waals surface area (Å²) in [5.74, 6) is -1.90. The van der Waals surface area contributed by atoms with Gasteiger partial charge in [-0.3, -0.25) is 4.79 Å². The summed E-state index contributed by atoms with van der Waals surface area (Å²) < 4.78 is 32.6. The van der Waals surface area contributed by atoms with Gasteiger partial charge >= 0.3 is 0 Å². The second-order valence-electron chi connectivity index (χ2n) is 5.30. The third-order valence-electron chi connectivity index (χ3n) is 3.82. The van der Waals surface area contributed by atoms with Gasteiger partial charge in [0.05, 0.1) is 5.56 Å². The van der Waals surface area contributed by atoms with E-state index in [4.69, 9.17) is 4.74 Å². The molecular formula is C17H15F2NO3. The fourth-order valence-corrected chi connectivity index (χ4v) is 2.63. The molecule has 0 aliphatic carbocycles. The zero-order valence-electron chi connectivity index (χ0n) is 12.1. The Labute approximate surface area is 131 Å². The van der Waals surface area contributed by atoms with E-state index in [1.165, 1.54) is 6.07 Å². The number of carbonyl (C=O) groups excluding carboxylic acids is 1. The molecule has 1 aliphatic heterocycles. The van der Waals surface area contributed by atoms with Gasteiger partial charge in [-0.1, -0.05) is 24.3 Å². The number of amides is 1. The maximum Gasteiger partial charge on any atom is 0.231 e. The predicted octanol–water partition coefficient (Wildman–Crippen LogP) is 2.29. The molecule has 0 radical (unpaired) electrons. The minimum absolute atomic E-state index is 0.204. The lowest BCUT2D eigenvalue weighted by Crippen LogP contribution is -2.33. The van der Waals surface area contributed by atoms with Crippen molar-refractivity contribution in [2.24, 2.45) is 0 Å². The van der Waals surface area contributed by atoms with Crippen LogP contribution in [0.3, 0.4) is 0 Å². The SMILES string of the molecule is O=C(NC[C@H](O)c1c(F)cccc1F)[C@H]1COc2ccccc21. The van der Waals surface area contributed by atoms with Gasteiger partial charge in [-0.2, -0.15) is 0 Å². The minimum atomic E-state index is -1.46. The lowest BCUT2D eigenvalue weighted by Gasteiger charge is -2.15. The third kappa shape index (κ3) is 3.03. The monoisotopic (exact) mass is 319 g/mol. The first-order chi connectivity index (χ1) is 11.1. The van der Waals surface area contributed by atoms with Gasteiger partial charge in [0, 0.05) is 12.1 Å². The number of rotatable bonds is 4. The van der Waals surface area contributed by atoms with Crippen molar-refractivity contribution in [1.82, 2.24) is 5.32 Å². The Morgan fingerprint density at radius 3 is 2.65 bits per heavy atom. The van der Waals surface area contributed by atoms with Gasteiger partial charge in [0.1, 0.15) is 36.0 Å². The fraction of sp³-hybridized carbons (Fsp3) is 0.235. The molecule has 0 saturated heterocycles. The molecule has 3 rings (SSSR count). The highest BCUT2D eigenvalue weighted by atomic mass is 19.1. The van der Waals surface area contributed by atoms with E-state index in [0.29, 0.717) is 5.75 Å². The number of carbonyl (C=O) groups is 1. The van der Waals surface area contributed by atoms with Gasteiger partial charge in [0.2, 0.25) is 5.91 Å². The van der Waals surface area contributed by atoms with Crippen LogP contribution >= 0.6 is 0 Å². The Balaban J connectivity index is 1.66. The predicted molar refractivity (Wildman–Crippen MR) is 79.0 cm³/mol. The first kappa shape index (κ1) is 15.4. The summed E-state index contributed by atoms with van der Waals surface area (Å²) in [6, 6.07) is 10.5. The minimum Gasteiger partial charge on any atom is -0.492 e. The van der Waals surface area contributed by atoms with Gasteiger partial charge in [0.25, 0.3) is 0 Å². The average Bonchev–Trinajstić information content (AvgIpc) is 2.96. The van der Waals surface area contributed by atoms with E-state index < -0.39 is 29.2 Å². The van der Waals surface area contributed by atoms with Crippen LogP contribution in [-0.2, 0) is 4.79 Å². The smallest absolute Gasteiger partial charge is 0.231 e. The normalized spacial score (nSPS) is 17.3. The number of aliphatic hydroxyl groups is 1. The second-order valence-corrected chi connectivity index (χ2v) is 5.30. The number of para-hydroxylation sites is 1. The molecule has 1 aliphatic rings. The molecule has 2 aromatic carbocycles. The summed E-state index contributed by atoms with van der Waals surface area (Å²) in [5.41, 5.74) is 0.312. The van der Waals surface area contributed by atoms with Gasteiger partial charge < -0.3 is 15.2 Å². The van der Waals surface area contributed by atoms with Gasteiger partial charge in [-0.25, -0.2) is 8.78 Å². The molecule has 0 aromatic heterocycles. The summed E-state index contributed by atoms with van der Waals surface area (Å²) in [7, 11) is 0. The molecule has 0 bridgehead atoms. The highest BCUT2D eigenvalue weighted by Crippen LogP contribution is 2.33. The van der Waals surface area contributed by atoms with Crippen LogP contribution < -0.4 is 10.1 Å². The van der Waals surface area contributed by atoms with E-state index >= 15 is 0 Å². The van der Waals surface area contributed by atoms with E-state index in [2.05, 4.69) is 5.32 Å². The fourth-order valence-electron chi connectivity index (χ4n) is 2.63. The number of benzene rings is 2. The Hall–Kier alpha value is -2.47. The molecule has 6 heteroatoms. The van der Waals surface area contributed by atoms with Crippen LogP contribution in [0.25, 0.3) is 0 Å². The maximum atomic E-state index is 13.6. The van der Waals surface area contributed by atoms with Gasteiger partial charge in [-0.05, 0) is 18.2 Å². The third-order valence-corrected chi connectivity index (χ3v) is 3.82. The van der Waals surface area contributed by atoms with Crippen molar-refractivity contribution in [3.05, 3.63) is 65.2 Å². The van der Waals surface area contributed by atoms with E-state index in [1.807, 2.05) is 6.07 Å². The van der Waals surface area contributed by atoms with E-state index in [-0.39, 0.29) is 19.1 Å². The van der Waals surface area contributed by atoms with E-state index in [9.17, 15) is 18.7 Å². The number of hydrogen-bond acceptors (Lipinski definition) is 3. The largest absolute Gasteiger partial charge is 0.492 e. The molecule has 2 atom stereocenters. The zero-order valence-corrected chi connectivity index (χ0v) is 12.1. The van der Waals surface area contributed by atoms with Crippen LogP contribution in [0.5, 0.6) is 5.75 Å². The molecule has 0 saturated carbocycles. The molecule has 0 fully saturated rings. The number of aliphatic hydroxyl groups excluding tert-OH is 1. The lowest BCUT2D eigenvalue weighted by molar-refractivity contribution is -0.123. The summed E-state index contributed by atoms with van der Waals surface area (Å²) in [6.07, 6.45) is -1.46. The highest BCUT2D eigenvalue weighted by Gasteiger charge is 2.30. The molecule has 0 unspecified atom stereocenters. The Morgan fingerprint density at radius 2 is 1.91 bits per heavy atom. The van der Waals surface area contributed by atoms with Gasteiger partial charge in [-0.15, -0.1) is 0 Å². The average molecular weight is 319 g/mol. The molecule has 2 aromatic rings. The first-order valence-electron chi connectivity index (χ1n) is 7.19. The Bertz CT molecular complexity index is 715. The Kier molecular flexibility index (Phi) is 4.25. The molecule has 0 spiro atoms. The molecule has 1 amide bonds. The van der Waals surface area contributed by atoms with Gasteiger partial charge in [0.15, 0.2) is 0 Å². The van der Waals surface area contributed by atoms with Crippen molar-refractivity contribution < 1.29 is 23.4 Å². The molecule has 120 valence electrons. The number of halogens is 2. The first-order valence-corrected chi connectivity index (χ1v) is 7.19. The summed E-state index contributed by atoms with van der Waals surface area (Å²) in [4.78, 5) is 12.2. The topological polar surface area (TPSA) is 58.6 Å². The maximum absolute atomic E-state index is 13.6. The molecular weight excluding hydrogens is 304 g/mol. The quantitative estimate of drug-likeness (QED) is 0.909. The standard InChI is InChI=1S/C17H15F2NO3/c18-12-5-3-6-13(19)16(12)14(21)8-20-17(22)11-9-23-15-7-2-1-4-10(11)15/h1-7,11,14,21H,8-9H2,(H,20,22)/t11-,14-/m0/s1. The van der Waals surface area contributed by atoms with Crippen molar-refractivity contribution in [2.45, 2.75) is 12.0 Å². The van der Waals surface area contributed by atoms with Crippen molar-refractivity contribution in [3.8, 4) is 5.75 Å². The van der Waals surface area contributed by atoms with Crippen molar-refractivity contribution >= 4 is 5.91 Å². The highest BCUT2D eigenvalue weighted by molar-refractivity contribution is 5.85. The molecule has 1 heterocycles. The molecule has 4 nitrogen and oxygen atoms in total. The van der Waals surface area contributed by atoms with Crippen LogP contribution in [0, 0.1) is 11.6 Å². The lowest BCUT2D eigenvalue weighted by atomic mass is 10.0. The van der Waals surface area contributed by atoms with E-state index in [0.717, 1.165) is 17.7 Å². The second kappa shape index (κ2) is 6.34. The number of hydrogen-bond donors (Lipinski definition) is 2. The van der Waals surface area contributed by atoms with Crippen LogP contribution in [0.2, 0.25) is 0 Å². The summed E-state index contributed by atoms with van der Waals surface area (Å²) in [5, 5.41) is 12.5. The number of ether oxygens (including phenoxy) is 1. The summed E-state index contributed by atoms with van der Waals surface area (Å²) in [6.45, 7) is -0.0787. The molecule has 23 heavy (non-hydrogen) atoms.